The Labute approximate surface area is 115 Å². The lowest BCUT2D eigenvalue weighted by molar-refractivity contribution is 0.0664. The first-order valence-corrected chi connectivity index (χ1v) is 7.48. The molecule has 0 aliphatic heterocycles. The first-order valence-electron chi connectivity index (χ1n) is 7.48. The zero-order chi connectivity index (χ0) is 13.6. The van der Waals surface area contributed by atoms with Gasteiger partial charge in [-0.1, -0.05) is 26.7 Å². The van der Waals surface area contributed by atoms with E-state index in [1.165, 1.54) is 17.7 Å². The third-order valence-electron chi connectivity index (χ3n) is 4.76. The van der Waals surface area contributed by atoms with Crippen molar-refractivity contribution in [2.45, 2.75) is 70.6 Å². The molecule has 1 heterocycles. The lowest BCUT2D eigenvalue weighted by Crippen LogP contribution is -2.34. The number of aliphatic hydroxyl groups excluding tert-OH is 1. The number of aromatic nitrogens is 2. The van der Waals surface area contributed by atoms with Crippen molar-refractivity contribution in [2.75, 3.05) is 0 Å². The van der Waals surface area contributed by atoms with Crippen molar-refractivity contribution in [3.05, 3.63) is 17.5 Å². The molecule has 2 aliphatic carbocycles. The molecule has 3 unspecified atom stereocenters. The summed E-state index contributed by atoms with van der Waals surface area (Å²) in [6.45, 7) is 4.54. The summed E-state index contributed by atoms with van der Waals surface area (Å²) in [5, 5.41) is 14.8. The molecule has 1 aromatic heterocycles. The highest BCUT2D eigenvalue weighted by molar-refractivity contribution is 5.27. The van der Waals surface area contributed by atoms with Gasteiger partial charge in [-0.05, 0) is 31.1 Å². The summed E-state index contributed by atoms with van der Waals surface area (Å²) in [5.74, 6) is 0. The van der Waals surface area contributed by atoms with Crippen LogP contribution < -0.4 is 5.73 Å². The molecule has 0 spiro atoms. The highest BCUT2D eigenvalue weighted by atomic mass is 16.3. The fraction of sp³-hybridized carbons (Fsp3) is 0.800. The van der Waals surface area contributed by atoms with Gasteiger partial charge in [0.15, 0.2) is 0 Å². The van der Waals surface area contributed by atoms with E-state index in [0.29, 0.717) is 0 Å². The predicted octanol–water partition coefficient (Wildman–Crippen LogP) is 2.33. The van der Waals surface area contributed by atoms with Crippen LogP contribution in [0, 0.1) is 5.41 Å². The van der Waals surface area contributed by atoms with Gasteiger partial charge in [-0.3, -0.25) is 4.68 Å². The van der Waals surface area contributed by atoms with Crippen LogP contribution in [0.5, 0.6) is 0 Å². The number of hydrogen-bond acceptors (Lipinski definition) is 3. The molecule has 4 heteroatoms. The van der Waals surface area contributed by atoms with Crippen molar-refractivity contribution in [3.8, 4) is 0 Å². The monoisotopic (exact) mass is 263 g/mol. The van der Waals surface area contributed by atoms with Gasteiger partial charge in [0.05, 0.1) is 18.3 Å². The largest absolute Gasteiger partial charge is 0.391 e. The molecular formula is C15H25N3O. The van der Waals surface area contributed by atoms with E-state index in [1.807, 2.05) is 6.20 Å². The third-order valence-corrected chi connectivity index (χ3v) is 4.76. The van der Waals surface area contributed by atoms with Crippen LogP contribution >= 0.6 is 0 Å². The molecule has 0 bridgehead atoms. The van der Waals surface area contributed by atoms with Crippen LogP contribution in [0.4, 0.5) is 0 Å². The summed E-state index contributed by atoms with van der Waals surface area (Å²) >= 11 is 0. The number of aliphatic hydroxyl groups is 1. The van der Waals surface area contributed by atoms with Crippen LogP contribution in [0.3, 0.4) is 0 Å². The molecule has 19 heavy (non-hydrogen) atoms. The molecule has 0 radical (unpaired) electrons. The summed E-state index contributed by atoms with van der Waals surface area (Å²) in [6, 6.07) is 0.242. The molecule has 2 aliphatic rings. The van der Waals surface area contributed by atoms with Crippen molar-refractivity contribution in [1.29, 1.82) is 0 Å². The minimum atomic E-state index is -0.251. The van der Waals surface area contributed by atoms with Gasteiger partial charge in [-0.15, -0.1) is 0 Å². The Balaban J connectivity index is 1.96. The maximum Gasteiger partial charge on any atom is 0.0781 e. The van der Waals surface area contributed by atoms with E-state index in [-0.39, 0.29) is 23.6 Å². The Morgan fingerprint density at radius 1 is 1.37 bits per heavy atom. The molecule has 3 N–H and O–H groups in total. The number of fused-ring (bicyclic) bond motifs is 1. The number of hydrogen-bond donors (Lipinski definition) is 2. The van der Waals surface area contributed by atoms with Crippen molar-refractivity contribution in [3.63, 3.8) is 0 Å². The first-order chi connectivity index (χ1) is 8.98. The zero-order valence-corrected chi connectivity index (χ0v) is 12.0. The standard InChI is InChI=1S/C15H25N3O/c1-15(2)7-11(16)10-9-17-18(13(10)8-15)12-5-3-4-6-14(12)19/h9,11-12,14,19H,3-8,16H2,1-2H3. The fourth-order valence-corrected chi connectivity index (χ4v) is 3.79. The summed E-state index contributed by atoms with van der Waals surface area (Å²) in [5.41, 5.74) is 8.96. The summed E-state index contributed by atoms with van der Waals surface area (Å²) in [4.78, 5) is 0. The number of rotatable bonds is 1. The molecule has 0 saturated heterocycles. The van der Waals surface area contributed by atoms with E-state index in [0.717, 1.165) is 32.1 Å². The summed E-state index contributed by atoms with van der Waals surface area (Å²) < 4.78 is 2.08. The highest BCUT2D eigenvalue weighted by Gasteiger charge is 2.36. The molecule has 0 aromatic carbocycles. The van der Waals surface area contributed by atoms with Crippen LogP contribution in [-0.4, -0.2) is 21.0 Å². The van der Waals surface area contributed by atoms with Gasteiger partial charge in [0.1, 0.15) is 0 Å². The Morgan fingerprint density at radius 3 is 2.84 bits per heavy atom. The Morgan fingerprint density at radius 2 is 2.11 bits per heavy atom. The summed E-state index contributed by atoms with van der Waals surface area (Å²) in [7, 11) is 0. The number of nitrogens with zero attached hydrogens (tertiary/aromatic N) is 2. The number of nitrogens with two attached hydrogens (primary N) is 1. The van der Waals surface area contributed by atoms with Crippen molar-refractivity contribution in [1.82, 2.24) is 9.78 Å². The molecule has 3 rings (SSSR count). The second-order valence-corrected chi connectivity index (χ2v) is 7.06. The van der Waals surface area contributed by atoms with E-state index in [2.05, 4.69) is 23.6 Å². The Bertz CT molecular complexity index is 466. The Kier molecular flexibility index (Phi) is 3.18. The molecule has 4 nitrogen and oxygen atoms in total. The lowest BCUT2D eigenvalue weighted by Gasteiger charge is -2.36. The van der Waals surface area contributed by atoms with Gasteiger partial charge < -0.3 is 10.8 Å². The van der Waals surface area contributed by atoms with Gasteiger partial charge in [-0.25, -0.2) is 0 Å². The van der Waals surface area contributed by atoms with Gasteiger partial charge in [-0.2, -0.15) is 5.10 Å². The highest BCUT2D eigenvalue weighted by Crippen LogP contribution is 2.41. The maximum atomic E-state index is 10.2. The average Bonchev–Trinajstić information content (AvgIpc) is 2.72. The Hall–Kier alpha value is -0.870. The second kappa shape index (κ2) is 4.60. The van der Waals surface area contributed by atoms with Crippen molar-refractivity contribution >= 4 is 0 Å². The average molecular weight is 263 g/mol. The quantitative estimate of drug-likeness (QED) is 0.817. The van der Waals surface area contributed by atoms with Crippen LogP contribution in [0.25, 0.3) is 0 Å². The van der Waals surface area contributed by atoms with E-state index >= 15 is 0 Å². The van der Waals surface area contributed by atoms with Gasteiger partial charge in [0.25, 0.3) is 0 Å². The maximum absolute atomic E-state index is 10.2. The van der Waals surface area contributed by atoms with E-state index in [4.69, 9.17) is 5.73 Å². The molecular weight excluding hydrogens is 238 g/mol. The van der Waals surface area contributed by atoms with Gasteiger partial charge in [0, 0.05) is 17.3 Å². The van der Waals surface area contributed by atoms with Gasteiger partial charge >= 0.3 is 0 Å². The van der Waals surface area contributed by atoms with Crippen LogP contribution in [0.2, 0.25) is 0 Å². The smallest absolute Gasteiger partial charge is 0.0781 e. The molecule has 1 saturated carbocycles. The molecule has 1 aromatic rings. The van der Waals surface area contributed by atoms with Crippen molar-refractivity contribution < 1.29 is 5.11 Å². The van der Waals surface area contributed by atoms with E-state index < -0.39 is 0 Å². The van der Waals surface area contributed by atoms with E-state index in [1.54, 1.807) is 0 Å². The second-order valence-electron chi connectivity index (χ2n) is 7.06. The third kappa shape index (κ3) is 2.32. The first kappa shape index (κ1) is 13.1. The SMILES string of the molecule is CC1(C)Cc2c(cnn2C2CCCCC2O)C(N)C1. The lowest BCUT2D eigenvalue weighted by atomic mass is 9.74. The molecule has 1 fully saturated rings. The summed E-state index contributed by atoms with van der Waals surface area (Å²) in [6.07, 6.45) is 7.95. The van der Waals surface area contributed by atoms with Gasteiger partial charge in [0.2, 0.25) is 0 Å². The zero-order valence-electron chi connectivity index (χ0n) is 12.0. The fourth-order valence-electron chi connectivity index (χ4n) is 3.79. The topological polar surface area (TPSA) is 64.1 Å². The van der Waals surface area contributed by atoms with Crippen molar-refractivity contribution in [2.24, 2.45) is 11.1 Å². The van der Waals surface area contributed by atoms with Crippen LogP contribution in [0.1, 0.15) is 69.3 Å². The molecule has 0 amide bonds. The molecule has 106 valence electrons. The normalized spacial score (nSPS) is 34.0. The van der Waals surface area contributed by atoms with Crippen LogP contribution in [-0.2, 0) is 6.42 Å². The van der Waals surface area contributed by atoms with Crippen LogP contribution in [0.15, 0.2) is 6.20 Å². The molecule has 3 atom stereocenters. The van der Waals surface area contributed by atoms with E-state index in [9.17, 15) is 5.11 Å². The minimum absolute atomic E-state index is 0.0910. The minimum Gasteiger partial charge on any atom is -0.391 e. The predicted molar refractivity (Wildman–Crippen MR) is 74.8 cm³/mol.